The summed E-state index contributed by atoms with van der Waals surface area (Å²) < 4.78 is 10.9. The second kappa shape index (κ2) is 6.00. The highest BCUT2D eigenvalue weighted by Crippen LogP contribution is 2.29. The van der Waals surface area contributed by atoms with Crippen LogP contribution in [0.15, 0.2) is 34.4 Å². The van der Waals surface area contributed by atoms with Crippen molar-refractivity contribution >= 4 is 39.2 Å². The molecule has 1 aromatic rings. The van der Waals surface area contributed by atoms with Crippen LogP contribution >= 0.6 is 15.9 Å². The summed E-state index contributed by atoms with van der Waals surface area (Å²) in [5.41, 5.74) is 1.46. The van der Waals surface area contributed by atoms with E-state index in [4.69, 9.17) is 9.47 Å². The van der Waals surface area contributed by atoms with Crippen molar-refractivity contribution < 1.29 is 19.1 Å². The molecule has 0 bridgehead atoms. The van der Waals surface area contributed by atoms with Crippen LogP contribution in [0.1, 0.15) is 13.8 Å². The second-order valence-corrected chi connectivity index (χ2v) is 6.35. The minimum absolute atomic E-state index is 0.177. The maximum absolute atomic E-state index is 11.9. The Bertz CT molecular complexity index is 631. The van der Waals surface area contributed by atoms with Gasteiger partial charge in [-0.2, -0.15) is 0 Å². The quantitative estimate of drug-likeness (QED) is 0.502. The van der Waals surface area contributed by atoms with E-state index in [1.54, 1.807) is 0 Å². The van der Waals surface area contributed by atoms with Crippen LogP contribution in [0.4, 0.5) is 11.4 Å². The number of benzene rings is 1. The lowest BCUT2D eigenvalue weighted by molar-refractivity contribution is -0.222. The third kappa shape index (κ3) is 3.59. The van der Waals surface area contributed by atoms with Gasteiger partial charge in [-0.05, 0) is 18.2 Å². The predicted octanol–water partition coefficient (Wildman–Crippen LogP) is 2.65. The molecule has 1 aromatic carbocycles. The van der Waals surface area contributed by atoms with Crippen LogP contribution in [0.5, 0.6) is 0 Å². The Kier molecular flexibility index (Phi) is 4.46. The highest BCUT2D eigenvalue weighted by Gasteiger charge is 2.38. The molecule has 0 amide bonds. The van der Waals surface area contributed by atoms with Crippen molar-refractivity contribution in [2.75, 3.05) is 24.3 Å². The number of halogens is 1. The number of anilines is 2. The van der Waals surface area contributed by atoms with Gasteiger partial charge in [0, 0.05) is 38.6 Å². The molecule has 118 valence electrons. The van der Waals surface area contributed by atoms with Gasteiger partial charge in [-0.15, -0.1) is 0 Å². The van der Waals surface area contributed by atoms with E-state index >= 15 is 0 Å². The summed E-state index contributed by atoms with van der Waals surface area (Å²) in [7, 11) is 3.79. The Hall–Kier alpha value is -2.02. The van der Waals surface area contributed by atoms with E-state index in [1.165, 1.54) is 20.0 Å². The van der Waals surface area contributed by atoms with Crippen LogP contribution in [0.25, 0.3) is 0 Å². The van der Waals surface area contributed by atoms with Crippen molar-refractivity contribution in [1.82, 2.24) is 0 Å². The van der Waals surface area contributed by atoms with Crippen molar-refractivity contribution in [1.29, 1.82) is 0 Å². The van der Waals surface area contributed by atoms with Crippen molar-refractivity contribution in [3.8, 4) is 0 Å². The zero-order chi connectivity index (χ0) is 16.5. The molecule has 1 fully saturated rings. The number of hydrogen-bond donors (Lipinski definition) is 1. The Balaban J connectivity index is 2.27. The zero-order valence-electron chi connectivity index (χ0n) is 12.8. The normalized spacial score (nSPS) is 16.7. The van der Waals surface area contributed by atoms with E-state index in [9.17, 15) is 9.59 Å². The minimum atomic E-state index is -1.24. The topological polar surface area (TPSA) is 67.9 Å². The fourth-order valence-corrected chi connectivity index (χ4v) is 2.30. The summed E-state index contributed by atoms with van der Waals surface area (Å²) in [5.74, 6) is -2.67. The van der Waals surface area contributed by atoms with Crippen molar-refractivity contribution in [2.24, 2.45) is 0 Å². The van der Waals surface area contributed by atoms with Crippen LogP contribution in [-0.2, 0) is 19.1 Å². The number of carbonyl (C=O) groups excluding carboxylic acids is 2. The smallest absolute Gasteiger partial charge is 0.350 e. The molecule has 1 N–H and O–H groups in total. The molecule has 0 atom stereocenters. The van der Waals surface area contributed by atoms with E-state index in [0.29, 0.717) is 0 Å². The fourth-order valence-electron chi connectivity index (χ4n) is 1.94. The molecular formula is C15H17BrN2O4. The van der Waals surface area contributed by atoms with Gasteiger partial charge in [-0.25, -0.2) is 9.59 Å². The van der Waals surface area contributed by atoms with Gasteiger partial charge in [0.15, 0.2) is 5.57 Å². The van der Waals surface area contributed by atoms with Crippen LogP contribution in [-0.4, -0.2) is 31.8 Å². The maximum atomic E-state index is 11.9. The van der Waals surface area contributed by atoms with Gasteiger partial charge in [0.2, 0.25) is 0 Å². The maximum Gasteiger partial charge on any atom is 0.350 e. The van der Waals surface area contributed by atoms with Crippen molar-refractivity contribution in [2.45, 2.75) is 19.6 Å². The van der Waals surface area contributed by atoms with E-state index in [2.05, 4.69) is 21.2 Å². The molecule has 6 nitrogen and oxygen atoms in total. The largest absolute Gasteiger partial charge is 0.419 e. The Labute approximate surface area is 137 Å². The molecule has 0 radical (unpaired) electrons. The zero-order valence-corrected chi connectivity index (χ0v) is 14.4. The number of esters is 2. The van der Waals surface area contributed by atoms with Gasteiger partial charge in [0.1, 0.15) is 0 Å². The number of carbonyl (C=O) groups is 2. The summed E-state index contributed by atoms with van der Waals surface area (Å²) in [6.07, 6.45) is 1.30. The van der Waals surface area contributed by atoms with Crippen LogP contribution in [0, 0.1) is 0 Å². The number of rotatable bonds is 3. The van der Waals surface area contributed by atoms with Gasteiger partial charge in [-0.3, -0.25) is 0 Å². The first-order valence-electron chi connectivity index (χ1n) is 6.60. The first-order valence-corrected chi connectivity index (χ1v) is 7.39. The molecule has 0 unspecified atom stereocenters. The summed E-state index contributed by atoms with van der Waals surface area (Å²) in [6, 6.07) is 5.65. The Morgan fingerprint density at radius 2 is 1.77 bits per heavy atom. The lowest BCUT2D eigenvalue weighted by Gasteiger charge is -2.29. The third-order valence-corrected chi connectivity index (χ3v) is 3.42. The molecule has 0 spiro atoms. The summed E-state index contributed by atoms with van der Waals surface area (Å²) in [6.45, 7) is 3.01. The molecule has 0 saturated carbocycles. The Morgan fingerprint density at radius 1 is 1.18 bits per heavy atom. The number of cyclic esters (lactones) is 2. The first-order chi connectivity index (χ1) is 10.2. The molecule has 1 saturated heterocycles. The molecule has 1 aliphatic rings. The predicted molar refractivity (Wildman–Crippen MR) is 86.4 cm³/mol. The highest BCUT2D eigenvalue weighted by molar-refractivity contribution is 9.10. The standard InChI is InChI=1S/C15H17BrN2O4/c1-15(2)21-13(19)10(14(20)22-15)8-17-11-7-9(16)5-6-12(11)18(3)4/h5-8,17H,1-4H3. The molecule has 1 aliphatic heterocycles. The lowest BCUT2D eigenvalue weighted by atomic mass is 10.2. The number of nitrogens with one attached hydrogen (secondary N) is 1. The number of nitrogens with zero attached hydrogens (tertiary/aromatic N) is 1. The third-order valence-electron chi connectivity index (χ3n) is 2.93. The number of ether oxygens (including phenoxy) is 2. The monoisotopic (exact) mass is 368 g/mol. The fraction of sp³-hybridized carbons (Fsp3) is 0.333. The van der Waals surface area contributed by atoms with Gasteiger partial charge in [0.25, 0.3) is 5.79 Å². The minimum Gasteiger partial charge on any atom is -0.419 e. The molecule has 1 heterocycles. The number of hydrogen-bond acceptors (Lipinski definition) is 6. The van der Waals surface area contributed by atoms with E-state index in [-0.39, 0.29) is 5.57 Å². The van der Waals surface area contributed by atoms with Crippen LogP contribution in [0.3, 0.4) is 0 Å². The molecule has 2 rings (SSSR count). The van der Waals surface area contributed by atoms with E-state index < -0.39 is 17.7 Å². The average Bonchev–Trinajstić information content (AvgIpc) is 2.35. The van der Waals surface area contributed by atoms with Gasteiger partial charge in [0.05, 0.1) is 11.4 Å². The van der Waals surface area contributed by atoms with Crippen molar-refractivity contribution in [3.63, 3.8) is 0 Å². The molecule has 22 heavy (non-hydrogen) atoms. The summed E-state index contributed by atoms with van der Waals surface area (Å²) in [4.78, 5) is 25.7. The second-order valence-electron chi connectivity index (χ2n) is 5.44. The molecule has 0 aliphatic carbocycles. The van der Waals surface area contributed by atoms with E-state index in [0.717, 1.165) is 15.8 Å². The van der Waals surface area contributed by atoms with Crippen LogP contribution in [0.2, 0.25) is 0 Å². The van der Waals surface area contributed by atoms with Crippen molar-refractivity contribution in [3.05, 3.63) is 34.4 Å². The highest BCUT2D eigenvalue weighted by atomic mass is 79.9. The average molecular weight is 369 g/mol. The lowest BCUT2D eigenvalue weighted by Crippen LogP contribution is -2.42. The van der Waals surface area contributed by atoms with Gasteiger partial charge in [-0.1, -0.05) is 15.9 Å². The molecule has 0 aromatic heterocycles. The first kappa shape index (κ1) is 16.4. The van der Waals surface area contributed by atoms with Gasteiger partial charge >= 0.3 is 11.9 Å². The summed E-state index contributed by atoms with van der Waals surface area (Å²) >= 11 is 3.39. The molecule has 7 heteroatoms. The summed E-state index contributed by atoms with van der Waals surface area (Å²) in [5, 5.41) is 2.96. The Morgan fingerprint density at radius 3 is 2.32 bits per heavy atom. The molecular weight excluding hydrogens is 352 g/mol. The van der Waals surface area contributed by atoms with Gasteiger partial charge < -0.3 is 19.7 Å². The van der Waals surface area contributed by atoms with Crippen LogP contribution < -0.4 is 10.2 Å². The van der Waals surface area contributed by atoms with E-state index in [1.807, 2.05) is 37.2 Å². The SMILES string of the molecule is CN(C)c1ccc(Br)cc1NC=C1C(=O)OC(C)(C)OC1=O.